The molecule has 0 aliphatic heterocycles. The number of aromatic amines is 1. The van der Waals surface area contributed by atoms with Gasteiger partial charge in [-0.2, -0.15) is 9.94 Å². The number of halogens is 2. The van der Waals surface area contributed by atoms with Crippen molar-refractivity contribution >= 4 is 23.2 Å². The maximum Gasteiger partial charge on any atom is 0.349 e. The van der Waals surface area contributed by atoms with E-state index in [1.807, 2.05) is 4.98 Å². The number of benzene rings is 1. The Bertz CT molecular complexity index is 1260. The topological polar surface area (TPSA) is 136 Å². The molecular formula is C16H10Cl2N6O4. The fourth-order valence-corrected chi connectivity index (χ4v) is 2.78. The molecule has 0 amide bonds. The SMILES string of the molecule is CCn1nc(Oc2c(Cl)cc(-n3nc(C#N)c(=O)[nH]c3=O)cc2Cl)ccc1=O. The largest absolute Gasteiger partial charge is 0.434 e. The molecule has 2 aromatic heterocycles. The van der Waals surface area contributed by atoms with Crippen molar-refractivity contribution in [2.45, 2.75) is 13.5 Å². The number of ether oxygens (including phenoxy) is 1. The highest BCUT2D eigenvalue weighted by Gasteiger charge is 2.15. The highest BCUT2D eigenvalue weighted by molar-refractivity contribution is 6.37. The van der Waals surface area contributed by atoms with Crippen molar-refractivity contribution in [2.24, 2.45) is 0 Å². The fourth-order valence-electron chi connectivity index (χ4n) is 2.23. The number of nitriles is 1. The minimum atomic E-state index is -0.905. The third kappa shape index (κ3) is 3.66. The van der Waals surface area contributed by atoms with Crippen molar-refractivity contribution in [2.75, 3.05) is 0 Å². The third-order valence-electron chi connectivity index (χ3n) is 3.51. The first-order valence-electron chi connectivity index (χ1n) is 7.73. The summed E-state index contributed by atoms with van der Waals surface area (Å²) in [7, 11) is 0. The molecule has 0 spiro atoms. The Morgan fingerprint density at radius 1 is 1.18 bits per heavy atom. The molecule has 28 heavy (non-hydrogen) atoms. The van der Waals surface area contributed by atoms with Gasteiger partial charge in [-0.25, -0.2) is 9.48 Å². The van der Waals surface area contributed by atoms with Crippen LogP contribution in [0.1, 0.15) is 12.6 Å². The first kappa shape index (κ1) is 19.3. The van der Waals surface area contributed by atoms with Gasteiger partial charge < -0.3 is 4.74 Å². The van der Waals surface area contributed by atoms with Crippen LogP contribution >= 0.6 is 23.2 Å². The summed E-state index contributed by atoms with van der Waals surface area (Å²) >= 11 is 12.4. The van der Waals surface area contributed by atoms with Crippen LogP contribution in [0.2, 0.25) is 10.0 Å². The average Bonchev–Trinajstić information content (AvgIpc) is 2.66. The van der Waals surface area contributed by atoms with E-state index in [4.69, 9.17) is 33.2 Å². The zero-order valence-electron chi connectivity index (χ0n) is 14.1. The van der Waals surface area contributed by atoms with Gasteiger partial charge in [0.2, 0.25) is 11.6 Å². The highest BCUT2D eigenvalue weighted by atomic mass is 35.5. The standard InChI is InChI=1S/C16H10Cl2N6O4/c1-2-23-13(25)4-3-12(22-23)28-14-9(17)5-8(6-10(14)18)24-16(27)20-15(26)11(7-19)21-24/h3-6H,2H2,1H3,(H,20,26,27). The number of hydrogen-bond acceptors (Lipinski definition) is 7. The molecule has 2 heterocycles. The molecule has 0 unspecified atom stereocenters. The van der Waals surface area contributed by atoms with E-state index in [1.165, 1.54) is 28.9 Å². The number of nitrogens with one attached hydrogen (secondary N) is 1. The zero-order valence-corrected chi connectivity index (χ0v) is 15.7. The second-order valence-corrected chi connectivity index (χ2v) is 6.11. The average molecular weight is 421 g/mol. The molecule has 1 N–H and O–H groups in total. The van der Waals surface area contributed by atoms with E-state index < -0.39 is 16.9 Å². The number of aromatic nitrogens is 5. The van der Waals surface area contributed by atoms with Gasteiger partial charge in [0.15, 0.2) is 5.75 Å². The predicted molar refractivity (Wildman–Crippen MR) is 99.4 cm³/mol. The molecule has 142 valence electrons. The van der Waals surface area contributed by atoms with Crippen LogP contribution in [0, 0.1) is 11.3 Å². The van der Waals surface area contributed by atoms with Gasteiger partial charge in [-0.15, -0.1) is 10.2 Å². The summed E-state index contributed by atoms with van der Waals surface area (Å²) in [5.74, 6) is 0.128. The van der Waals surface area contributed by atoms with Gasteiger partial charge >= 0.3 is 5.69 Å². The third-order valence-corrected chi connectivity index (χ3v) is 4.07. The number of nitrogens with zero attached hydrogens (tertiary/aromatic N) is 5. The van der Waals surface area contributed by atoms with Crippen molar-refractivity contribution in [1.82, 2.24) is 24.5 Å². The lowest BCUT2D eigenvalue weighted by Gasteiger charge is -2.12. The zero-order chi connectivity index (χ0) is 20.4. The van der Waals surface area contributed by atoms with Gasteiger partial charge in [-0.05, 0) is 19.1 Å². The predicted octanol–water partition coefficient (Wildman–Crippen LogP) is 1.47. The van der Waals surface area contributed by atoms with Crippen LogP contribution in [-0.4, -0.2) is 24.5 Å². The van der Waals surface area contributed by atoms with Crippen LogP contribution in [0.15, 0.2) is 38.6 Å². The van der Waals surface area contributed by atoms with Gasteiger partial charge in [-0.3, -0.25) is 14.6 Å². The fraction of sp³-hybridized carbons (Fsp3) is 0.125. The summed E-state index contributed by atoms with van der Waals surface area (Å²) in [6.45, 7) is 2.09. The molecule has 0 bridgehead atoms. The lowest BCUT2D eigenvalue weighted by atomic mass is 10.3. The van der Waals surface area contributed by atoms with E-state index in [1.54, 1.807) is 13.0 Å². The summed E-state index contributed by atoms with van der Waals surface area (Å²) < 4.78 is 7.54. The Morgan fingerprint density at radius 2 is 1.86 bits per heavy atom. The maximum atomic E-state index is 12.0. The maximum absolute atomic E-state index is 12.0. The van der Waals surface area contributed by atoms with Crippen molar-refractivity contribution in [1.29, 1.82) is 5.26 Å². The number of H-pyrrole nitrogens is 1. The first-order chi connectivity index (χ1) is 13.3. The summed E-state index contributed by atoms with van der Waals surface area (Å²) in [6, 6.07) is 6.85. The van der Waals surface area contributed by atoms with Crippen molar-refractivity contribution in [3.05, 3.63) is 71.2 Å². The van der Waals surface area contributed by atoms with Gasteiger partial charge in [0, 0.05) is 18.7 Å². The minimum absolute atomic E-state index is 0.0111. The minimum Gasteiger partial charge on any atom is -0.434 e. The van der Waals surface area contributed by atoms with E-state index in [9.17, 15) is 14.4 Å². The van der Waals surface area contributed by atoms with Crippen molar-refractivity contribution in [3.63, 3.8) is 0 Å². The molecule has 1 aromatic carbocycles. The van der Waals surface area contributed by atoms with Crippen LogP contribution in [0.3, 0.4) is 0 Å². The molecule has 12 heteroatoms. The summed E-state index contributed by atoms with van der Waals surface area (Å²) in [5, 5.41) is 16.6. The van der Waals surface area contributed by atoms with Gasteiger partial charge in [0.1, 0.15) is 6.07 Å². The first-order valence-corrected chi connectivity index (χ1v) is 8.48. The van der Waals surface area contributed by atoms with Crippen LogP contribution in [0.4, 0.5) is 0 Å². The Morgan fingerprint density at radius 3 is 2.46 bits per heavy atom. The monoisotopic (exact) mass is 420 g/mol. The van der Waals surface area contributed by atoms with Gasteiger partial charge in [-0.1, -0.05) is 23.2 Å². The van der Waals surface area contributed by atoms with E-state index >= 15 is 0 Å². The molecule has 0 saturated heterocycles. The van der Waals surface area contributed by atoms with Crippen LogP contribution < -0.4 is 21.5 Å². The van der Waals surface area contributed by atoms with Crippen LogP contribution in [0.5, 0.6) is 11.6 Å². The molecule has 10 nitrogen and oxygen atoms in total. The smallest absolute Gasteiger partial charge is 0.349 e. The lowest BCUT2D eigenvalue weighted by molar-refractivity contribution is 0.432. The van der Waals surface area contributed by atoms with E-state index in [-0.39, 0.29) is 32.9 Å². The van der Waals surface area contributed by atoms with Gasteiger partial charge in [0.25, 0.3) is 11.1 Å². The Kier molecular flexibility index (Phi) is 5.30. The number of aryl methyl sites for hydroxylation is 1. The van der Waals surface area contributed by atoms with E-state index in [0.717, 1.165) is 4.68 Å². The lowest BCUT2D eigenvalue weighted by Crippen LogP contribution is -2.33. The second kappa shape index (κ2) is 7.67. The number of rotatable bonds is 4. The quantitative estimate of drug-likeness (QED) is 0.674. The highest BCUT2D eigenvalue weighted by Crippen LogP contribution is 2.37. The molecule has 0 radical (unpaired) electrons. The van der Waals surface area contributed by atoms with Crippen LogP contribution in [0.25, 0.3) is 5.69 Å². The molecule has 3 rings (SSSR count). The normalized spacial score (nSPS) is 10.5. The Balaban J connectivity index is 2.05. The molecule has 0 aliphatic carbocycles. The summed E-state index contributed by atoms with van der Waals surface area (Å²) in [6.07, 6.45) is 0. The van der Waals surface area contributed by atoms with E-state index in [0.29, 0.717) is 6.54 Å². The Labute approximate surface area is 166 Å². The van der Waals surface area contributed by atoms with Crippen LogP contribution in [-0.2, 0) is 6.54 Å². The second-order valence-electron chi connectivity index (χ2n) is 5.30. The molecule has 3 aromatic rings. The summed E-state index contributed by atoms with van der Waals surface area (Å²) in [4.78, 5) is 37.0. The van der Waals surface area contributed by atoms with E-state index in [2.05, 4.69) is 10.2 Å². The molecule has 0 saturated carbocycles. The molecule has 0 fully saturated rings. The number of hydrogen-bond donors (Lipinski definition) is 1. The molecule has 0 aliphatic rings. The van der Waals surface area contributed by atoms with Crippen molar-refractivity contribution < 1.29 is 4.74 Å². The van der Waals surface area contributed by atoms with Gasteiger partial charge in [0.05, 0.1) is 15.7 Å². The van der Waals surface area contributed by atoms with Crippen molar-refractivity contribution in [3.8, 4) is 23.4 Å². The Hall–Kier alpha value is -3.42. The summed E-state index contributed by atoms with van der Waals surface area (Å²) in [5.41, 5.74) is -2.47. The molecule has 0 atom stereocenters. The molecular weight excluding hydrogens is 411 g/mol.